The molecular formula is C40H47NO4. The second kappa shape index (κ2) is 15.4. The van der Waals surface area contributed by atoms with Crippen molar-refractivity contribution in [1.82, 2.24) is 0 Å². The van der Waals surface area contributed by atoms with Gasteiger partial charge in [0.15, 0.2) is 6.04 Å². The lowest BCUT2D eigenvalue weighted by Gasteiger charge is -2.44. The molecular weight excluding hydrogens is 558 g/mol. The average Bonchev–Trinajstić information content (AvgIpc) is 3.60. The van der Waals surface area contributed by atoms with Gasteiger partial charge in [-0.05, 0) is 61.1 Å². The first-order valence-corrected chi connectivity index (χ1v) is 16.4. The molecule has 1 fully saturated rings. The minimum Gasteiger partial charge on any atom is -0.469 e. The number of esters is 1. The van der Waals surface area contributed by atoms with Crippen LogP contribution in [0.2, 0.25) is 0 Å². The molecule has 5 nitrogen and oxygen atoms in total. The van der Waals surface area contributed by atoms with Gasteiger partial charge in [-0.25, -0.2) is 4.79 Å². The Morgan fingerprint density at radius 2 is 1.51 bits per heavy atom. The predicted molar refractivity (Wildman–Crippen MR) is 181 cm³/mol. The summed E-state index contributed by atoms with van der Waals surface area (Å²) in [5, 5.41) is 0. The summed E-state index contributed by atoms with van der Waals surface area (Å²) in [6.07, 6.45) is 5.71. The second-order valence-electron chi connectivity index (χ2n) is 12.8. The third-order valence-corrected chi connectivity index (χ3v) is 9.44. The number of furan rings is 1. The Morgan fingerprint density at radius 3 is 2.09 bits per heavy atom. The Morgan fingerprint density at radius 1 is 0.889 bits per heavy atom. The van der Waals surface area contributed by atoms with Gasteiger partial charge in [-0.15, -0.1) is 0 Å². The van der Waals surface area contributed by atoms with Crippen molar-refractivity contribution in [2.24, 2.45) is 16.8 Å². The van der Waals surface area contributed by atoms with Gasteiger partial charge < -0.3 is 13.9 Å². The van der Waals surface area contributed by atoms with Crippen molar-refractivity contribution in [2.75, 3.05) is 13.2 Å². The summed E-state index contributed by atoms with van der Waals surface area (Å²) in [5.74, 6) is 0.981. The highest BCUT2D eigenvalue weighted by Crippen LogP contribution is 2.44. The number of ether oxygens (including phenoxy) is 2. The lowest BCUT2D eigenvalue weighted by atomic mass is 9.64. The molecule has 1 aromatic heterocycles. The van der Waals surface area contributed by atoms with Gasteiger partial charge in [0.25, 0.3) is 0 Å². The summed E-state index contributed by atoms with van der Waals surface area (Å²) in [7, 11) is 0. The lowest BCUT2D eigenvalue weighted by Crippen LogP contribution is -2.43. The quantitative estimate of drug-likeness (QED) is 0.113. The van der Waals surface area contributed by atoms with Crippen LogP contribution in [0.4, 0.5) is 0 Å². The van der Waals surface area contributed by atoms with E-state index in [4.69, 9.17) is 18.9 Å². The van der Waals surface area contributed by atoms with Crippen LogP contribution in [0.5, 0.6) is 0 Å². The largest absolute Gasteiger partial charge is 0.469 e. The van der Waals surface area contributed by atoms with Gasteiger partial charge in [0.1, 0.15) is 5.76 Å². The van der Waals surface area contributed by atoms with E-state index in [0.717, 1.165) is 29.7 Å². The summed E-state index contributed by atoms with van der Waals surface area (Å²) in [6.45, 7) is 9.62. The monoisotopic (exact) mass is 605 g/mol. The fourth-order valence-electron chi connectivity index (χ4n) is 6.91. The molecule has 0 amide bonds. The van der Waals surface area contributed by atoms with Crippen LogP contribution >= 0.6 is 0 Å². The van der Waals surface area contributed by atoms with Crippen molar-refractivity contribution >= 4 is 11.7 Å². The number of carbonyl (C=O) groups is 1. The van der Waals surface area contributed by atoms with Crippen LogP contribution in [0, 0.1) is 11.8 Å². The van der Waals surface area contributed by atoms with Gasteiger partial charge in [-0.1, -0.05) is 118 Å². The van der Waals surface area contributed by atoms with Crippen molar-refractivity contribution in [3.63, 3.8) is 0 Å². The molecule has 1 aliphatic rings. The first-order chi connectivity index (χ1) is 21.9. The maximum Gasteiger partial charge on any atom is 0.331 e. The highest BCUT2D eigenvalue weighted by Gasteiger charge is 2.41. The van der Waals surface area contributed by atoms with E-state index in [9.17, 15) is 4.79 Å². The highest BCUT2D eigenvalue weighted by molar-refractivity contribution is 6.13. The van der Waals surface area contributed by atoms with E-state index in [1.165, 1.54) is 12.0 Å². The topological polar surface area (TPSA) is 61.0 Å². The number of nitrogens with zero attached hydrogens (tertiary/aromatic N) is 1. The first-order valence-electron chi connectivity index (χ1n) is 16.4. The molecule has 3 aromatic carbocycles. The fourth-order valence-corrected chi connectivity index (χ4v) is 6.91. The molecule has 1 aliphatic carbocycles. The Hall–Kier alpha value is -3.96. The third kappa shape index (κ3) is 8.01. The van der Waals surface area contributed by atoms with Gasteiger partial charge in [-0.3, -0.25) is 4.99 Å². The standard InChI is InChI=1S/C40H47NO4/c1-5-43-39(42)38(41-37(30-16-9-6-10-17-30)31-18-11-7-12-19-31)33(35-22-15-26-44-35)25-27-45-36-28-29(2)23-24-34(36)40(3,4)32-20-13-8-14-21-32/h6-22,26,29,33-34,36,38H,5,23-25,27-28H2,1-4H3/t29-,33+,34-,36-,38-/m1/s1. The minimum absolute atomic E-state index is 0.0233. The Balaban J connectivity index is 1.45. The zero-order valence-corrected chi connectivity index (χ0v) is 27.1. The van der Waals surface area contributed by atoms with E-state index in [2.05, 4.69) is 51.1 Å². The predicted octanol–water partition coefficient (Wildman–Crippen LogP) is 9.02. The van der Waals surface area contributed by atoms with Gasteiger partial charge >= 0.3 is 5.97 Å². The van der Waals surface area contributed by atoms with E-state index in [-0.39, 0.29) is 30.0 Å². The van der Waals surface area contributed by atoms with Crippen molar-refractivity contribution in [1.29, 1.82) is 0 Å². The van der Waals surface area contributed by atoms with E-state index in [1.807, 2.05) is 79.7 Å². The van der Waals surface area contributed by atoms with E-state index < -0.39 is 6.04 Å². The minimum atomic E-state index is -0.808. The van der Waals surface area contributed by atoms with Crippen molar-refractivity contribution in [3.05, 3.63) is 132 Å². The van der Waals surface area contributed by atoms with E-state index in [1.54, 1.807) is 6.26 Å². The van der Waals surface area contributed by atoms with E-state index in [0.29, 0.717) is 30.6 Å². The van der Waals surface area contributed by atoms with Gasteiger partial charge in [-0.2, -0.15) is 0 Å². The van der Waals surface area contributed by atoms with Crippen molar-refractivity contribution in [2.45, 2.75) is 76.9 Å². The zero-order valence-electron chi connectivity index (χ0n) is 27.1. The normalized spacial score (nSPS) is 19.8. The van der Waals surface area contributed by atoms with Gasteiger partial charge in [0, 0.05) is 17.7 Å². The van der Waals surface area contributed by atoms with Crippen molar-refractivity contribution < 1.29 is 18.7 Å². The summed E-state index contributed by atoms with van der Waals surface area (Å²) in [6, 6.07) is 33.8. The molecule has 1 saturated carbocycles. The maximum absolute atomic E-state index is 13.7. The molecule has 45 heavy (non-hydrogen) atoms. The number of hydrogen-bond acceptors (Lipinski definition) is 5. The number of benzene rings is 3. The van der Waals surface area contributed by atoms with Crippen LogP contribution in [-0.4, -0.2) is 37.0 Å². The molecule has 5 atom stereocenters. The number of aliphatic imine (C=N–C) groups is 1. The van der Waals surface area contributed by atoms with Crippen LogP contribution in [-0.2, 0) is 19.7 Å². The second-order valence-corrected chi connectivity index (χ2v) is 12.8. The molecule has 0 radical (unpaired) electrons. The fraction of sp³-hybridized carbons (Fsp3) is 0.400. The maximum atomic E-state index is 13.7. The van der Waals surface area contributed by atoms with Gasteiger partial charge in [0.2, 0.25) is 0 Å². The van der Waals surface area contributed by atoms with Crippen LogP contribution in [0.25, 0.3) is 0 Å². The molecule has 0 saturated heterocycles. The van der Waals surface area contributed by atoms with E-state index >= 15 is 0 Å². The highest BCUT2D eigenvalue weighted by atomic mass is 16.5. The SMILES string of the molecule is CCOC(=O)[C@H](N=C(c1ccccc1)c1ccccc1)[C@@H](CCO[C@@H]1C[C@H](C)CC[C@H]1C(C)(C)c1ccccc1)c1ccco1. The lowest BCUT2D eigenvalue weighted by molar-refractivity contribution is -0.145. The Kier molecular flexibility index (Phi) is 11.1. The Bertz CT molecular complexity index is 1440. The first kappa shape index (κ1) is 32.4. The molecule has 236 valence electrons. The number of carbonyl (C=O) groups excluding carboxylic acids is 1. The summed E-state index contributed by atoms with van der Waals surface area (Å²) in [4.78, 5) is 18.9. The van der Waals surface area contributed by atoms with Crippen LogP contribution in [0.1, 0.15) is 81.7 Å². The third-order valence-electron chi connectivity index (χ3n) is 9.44. The van der Waals surface area contributed by atoms with Crippen LogP contribution < -0.4 is 0 Å². The molecule has 1 heterocycles. The molecule has 0 bridgehead atoms. The van der Waals surface area contributed by atoms with Gasteiger partial charge in [0.05, 0.1) is 30.6 Å². The number of hydrogen-bond donors (Lipinski definition) is 0. The van der Waals surface area contributed by atoms with Crippen LogP contribution in [0.15, 0.2) is 119 Å². The molecule has 0 aliphatic heterocycles. The molecule has 5 heteroatoms. The number of rotatable bonds is 13. The molecule has 0 unspecified atom stereocenters. The van der Waals surface area contributed by atoms with Crippen LogP contribution in [0.3, 0.4) is 0 Å². The summed E-state index contributed by atoms with van der Waals surface area (Å²) >= 11 is 0. The smallest absolute Gasteiger partial charge is 0.331 e. The average molecular weight is 606 g/mol. The molecule has 0 spiro atoms. The summed E-state index contributed by atoms with van der Waals surface area (Å²) in [5.41, 5.74) is 3.95. The molecule has 4 aromatic rings. The van der Waals surface area contributed by atoms with Crippen molar-refractivity contribution in [3.8, 4) is 0 Å². The zero-order chi connectivity index (χ0) is 31.6. The summed E-state index contributed by atoms with van der Waals surface area (Å²) < 4.78 is 18.4. The Labute approximate surface area is 268 Å². The molecule has 0 N–H and O–H groups in total. The molecule has 5 rings (SSSR count).